The zero-order valence-corrected chi connectivity index (χ0v) is 6.28. The van der Waals surface area contributed by atoms with E-state index >= 15 is 0 Å². The van der Waals surface area contributed by atoms with Crippen molar-refractivity contribution in [3.05, 3.63) is 0 Å². The van der Waals surface area contributed by atoms with E-state index in [9.17, 15) is 0 Å². The van der Waals surface area contributed by atoms with E-state index in [4.69, 9.17) is 16.9 Å². The molecule has 0 N–H and O–H groups in total. The van der Waals surface area contributed by atoms with Crippen molar-refractivity contribution in [3.8, 4) is 6.07 Å². The van der Waals surface area contributed by atoms with Gasteiger partial charge in [-0.15, -0.1) is 11.6 Å². The fraction of sp³-hybridized carbons (Fsp3) is 0.857. The van der Waals surface area contributed by atoms with Gasteiger partial charge in [-0.25, -0.2) is 0 Å². The molecule has 0 aromatic heterocycles. The quantitative estimate of drug-likeness (QED) is 0.545. The highest BCUT2D eigenvalue weighted by Crippen LogP contribution is 2.45. The third-order valence-electron chi connectivity index (χ3n) is 1.92. The topological polar surface area (TPSA) is 23.8 Å². The molecule has 1 rings (SSSR count). The van der Waals surface area contributed by atoms with Gasteiger partial charge in [0.1, 0.15) is 4.87 Å². The number of halogens is 1. The van der Waals surface area contributed by atoms with Crippen LogP contribution in [0.1, 0.15) is 26.2 Å². The number of nitriles is 1. The maximum Gasteiger partial charge on any atom is 0.133 e. The lowest BCUT2D eigenvalue weighted by molar-refractivity contribution is 0.603. The molecule has 1 unspecified atom stereocenters. The minimum absolute atomic E-state index is 0.481. The Morgan fingerprint density at radius 3 is 2.44 bits per heavy atom. The monoisotopic (exact) mass is 143 g/mol. The second-order valence-electron chi connectivity index (χ2n) is 2.60. The molecule has 1 atom stereocenters. The summed E-state index contributed by atoms with van der Waals surface area (Å²) in [4.78, 5) is -0.528. The van der Waals surface area contributed by atoms with Gasteiger partial charge in [-0.2, -0.15) is 5.26 Å². The molecule has 0 aromatic rings. The maximum atomic E-state index is 8.61. The first kappa shape index (κ1) is 6.89. The Balaban J connectivity index is 2.56. The molecular formula is C7H10ClN. The number of hydrogen-bond donors (Lipinski definition) is 0. The van der Waals surface area contributed by atoms with Crippen LogP contribution in [0.25, 0.3) is 0 Å². The van der Waals surface area contributed by atoms with Crippen molar-refractivity contribution in [2.24, 2.45) is 5.92 Å². The van der Waals surface area contributed by atoms with E-state index in [-0.39, 0.29) is 0 Å². The fourth-order valence-electron chi connectivity index (χ4n) is 1.000. The van der Waals surface area contributed by atoms with Crippen molar-refractivity contribution in [2.75, 3.05) is 0 Å². The predicted molar refractivity (Wildman–Crippen MR) is 37.2 cm³/mol. The normalized spacial score (nSPS) is 24.6. The second kappa shape index (κ2) is 2.19. The van der Waals surface area contributed by atoms with Gasteiger partial charge in [0.2, 0.25) is 0 Å². The van der Waals surface area contributed by atoms with Crippen molar-refractivity contribution >= 4 is 11.6 Å². The molecule has 0 radical (unpaired) electrons. The summed E-state index contributed by atoms with van der Waals surface area (Å²) >= 11 is 5.94. The van der Waals surface area contributed by atoms with E-state index < -0.39 is 4.87 Å². The average molecular weight is 144 g/mol. The molecule has 0 aliphatic heterocycles. The van der Waals surface area contributed by atoms with Crippen LogP contribution >= 0.6 is 11.6 Å². The molecule has 0 heterocycles. The Morgan fingerprint density at radius 1 is 1.78 bits per heavy atom. The van der Waals surface area contributed by atoms with Crippen molar-refractivity contribution in [2.45, 2.75) is 31.1 Å². The molecule has 1 saturated carbocycles. The number of hydrogen-bond acceptors (Lipinski definition) is 1. The van der Waals surface area contributed by atoms with Gasteiger partial charge in [0.25, 0.3) is 0 Å². The van der Waals surface area contributed by atoms with Gasteiger partial charge >= 0.3 is 0 Å². The molecular weight excluding hydrogens is 134 g/mol. The number of alkyl halides is 1. The zero-order chi connectivity index (χ0) is 6.91. The van der Waals surface area contributed by atoms with Crippen LogP contribution in [0.4, 0.5) is 0 Å². The molecule has 1 aliphatic carbocycles. The van der Waals surface area contributed by atoms with Crippen molar-refractivity contribution < 1.29 is 0 Å². The highest BCUT2D eigenvalue weighted by molar-refractivity contribution is 6.26. The molecule has 0 saturated heterocycles. The molecule has 0 spiro atoms. The van der Waals surface area contributed by atoms with E-state index in [1.165, 1.54) is 0 Å². The van der Waals surface area contributed by atoms with Gasteiger partial charge in [0.05, 0.1) is 6.07 Å². The molecule has 1 aliphatic rings. The van der Waals surface area contributed by atoms with Gasteiger partial charge in [0.15, 0.2) is 0 Å². The number of nitrogens with zero attached hydrogens (tertiary/aromatic N) is 1. The third-order valence-corrected chi connectivity index (χ3v) is 2.59. The van der Waals surface area contributed by atoms with E-state index in [1.54, 1.807) is 0 Å². The van der Waals surface area contributed by atoms with Crippen LogP contribution in [-0.2, 0) is 0 Å². The summed E-state index contributed by atoms with van der Waals surface area (Å²) in [7, 11) is 0. The lowest BCUT2D eigenvalue weighted by atomic mass is 10.0. The molecule has 1 fully saturated rings. The number of rotatable bonds is 2. The summed E-state index contributed by atoms with van der Waals surface area (Å²) in [6.07, 6.45) is 3.06. The Hall–Kier alpha value is -0.220. The molecule has 1 nitrogen and oxygen atoms in total. The van der Waals surface area contributed by atoms with Crippen LogP contribution in [-0.4, -0.2) is 4.87 Å². The zero-order valence-electron chi connectivity index (χ0n) is 5.52. The molecule has 2 heteroatoms. The SMILES string of the molecule is CCC(Cl)(C#N)C1CC1. The van der Waals surface area contributed by atoms with E-state index in [2.05, 4.69) is 6.07 Å². The molecule has 0 aromatic carbocycles. The first-order chi connectivity index (χ1) is 4.23. The first-order valence-corrected chi connectivity index (χ1v) is 3.71. The second-order valence-corrected chi connectivity index (χ2v) is 3.28. The first-order valence-electron chi connectivity index (χ1n) is 3.33. The van der Waals surface area contributed by atoms with Gasteiger partial charge in [-0.05, 0) is 25.2 Å². The van der Waals surface area contributed by atoms with E-state index in [0.29, 0.717) is 5.92 Å². The van der Waals surface area contributed by atoms with E-state index in [0.717, 1.165) is 19.3 Å². The minimum Gasteiger partial charge on any atom is -0.196 e. The summed E-state index contributed by atoms with van der Waals surface area (Å²) < 4.78 is 0. The summed E-state index contributed by atoms with van der Waals surface area (Å²) in [5.41, 5.74) is 0. The largest absolute Gasteiger partial charge is 0.196 e. The van der Waals surface area contributed by atoms with Crippen LogP contribution in [0, 0.1) is 17.2 Å². The smallest absolute Gasteiger partial charge is 0.133 e. The summed E-state index contributed by atoms with van der Waals surface area (Å²) in [6.45, 7) is 1.97. The third kappa shape index (κ3) is 1.19. The lowest BCUT2D eigenvalue weighted by Gasteiger charge is -2.13. The van der Waals surface area contributed by atoms with Gasteiger partial charge in [-0.1, -0.05) is 6.92 Å². The molecule has 0 bridgehead atoms. The van der Waals surface area contributed by atoms with Gasteiger partial charge in [-0.3, -0.25) is 0 Å². The minimum atomic E-state index is -0.528. The molecule has 0 amide bonds. The van der Waals surface area contributed by atoms with Crippen LogP contribution in [0.2, 0.25) is 0 Å². The maximum absolute atomic E-state index is 8.61. The predicted octanol–water partition coefficient (Wildman–Crippen LogP) is 2.31. The summed E-state index contributed by atoms with van der Waals surface area (Å²) in [6, 6.07) is 2.16. The van der Waals surface area contributed by atoms with Crippen LogP contribution in [0.3, 0.4) is 0 Å². The van der Waals surface area contributed by atoms with Crippen molar-refractivity contribution in [3.63, 3.8) is 0 Å². The molecule has 50 valence electrons. The Bertz CT molecular complexity index is 145. The van der Waals surface area contributed by atoms with Gasteiger partial charge in [0, 0.05) is 0 Å². The standard InChI is InChI=1S/C7H10ClN/c1-2-7(8,5-9)6-3-4-6/h6H,2-4H2,1H3. The lowest BCUT2D eigenvalue weighted by Crippen LogP contribution is -2.19. The highest BCUT2D eigenvalue weighted by atomic mass is 35.5. The Kier molecular flexibility index (Phi) is 1.68. The Labute approximate surface area is 60.6 Å². The highest BCUT2D eigenvalue weighted by Gasteiger charge is 2.42. The fourth-order valence-corrected chi connectivity index (χ4v) is 1.22. The van der Waals surface area contributed by atoms with Crippen molar-refractivity contribution in [1.29, 1.82) is 5.26 Å². The van der Waals surface area contributed by atoms with Crippen LogP contribution < -0.4 is 0 Å². The van der Waals surface area contributed by atoms with E-state index in [1.807, 2.05) is 6.92 Å². The van der Waals surface area contributed by atoms with Crippen LogP contribution in [0.5, 0.6) is 0 Å². The molecule has 9 heavy (non-hydrogen) atoms. The summed E-state index contributed by atoms with van der Waals surface area (Å²) in [5, 5.41) is 8.61. The Morgan fingerprint density at radius 2 is 2.33 bits per heavy atom. The van der Waals surface area contributed by atoms with Crippen LogP contribution in [0.15, 0.2) is 0 Å². The van der Waals surface area contributed by atoms with Gasteiger partial charge < -0.3 is 0 Å². The van der Waals surface area contributed by atoms with Crippen molar-refractivity contribution in [1.82, 2.24) is 0 Å². The average Bonchev–Trinajstić information content (AvgIpc) is 2.68. The summed E-state index contributed by atoms with van der Waals surface area (Å²) in [5.74, 6) is 0.481.